The van der Waals surface area contributed by atoms with Crippen LogP contribution in [0.25, 0.3) is 0 Å². The quantitative estimate of drug-likeness (QED) is 0.0355. The summed E-state index contributed by atoms with van der Waals surface area (Å²) >= 11 is 0. The zero-order valence-corrected chi connectivity index (χ0v) is 66.8. The molecule has 3 atom stereocenters. The first-order valence-corrected chi connectivity index (χ1v) is 39.4. The Bertz CT molecular complexity index is 3250. The second kappa shape index (κ2) is 67.2. The van der Waals surface area contributed by atoms with Gasteiger partial charge in [0.2, 0.25) is 11.8 Å². The number of nitrogens with one attached hydrogen (secondary N) is 2. The predicted octanol–water partition coefficient (Wildman–Crippen LogP) is 4.51. The number of hydrogen-bond acceptors (Lipinski definition) is 33. The largest absolute Gasteiger partial charge is 0.479 e. The third kappa shape index (κ3) is 56.2. The number of benzene rings is 2. The van der Waals surface area contributed by atoms with Gasteiger partial charge in [-0.05, 0) is 56.6 Å². The van der Waals surface area contributed by atoms with Gasteiger partial charge in [-0.15, -0.1) is 0 Å². The predicted molar refractivity (Wildman–Crippen MR) is 406 cm³/mol. The van der Waals surface area contributed by atoms with Gasteiger partial charge in [-0.2, -0.15) is 0 Å². The minimum absolute atomic E-state index is 0.0180. The van der Waals surface area contributed by atoms with Crippen LogP contribution in [0.5, 0.6) is 0 Å². The third-order valence-electron chi connectivity index (χ3n) is 16.3. The molecule has 0 bridgehead atoms. The number of rotatable bonds is 73. The molecule has 0 spiro atoms. The van der Waals surface area contributed by atoms with E-state index in [2.05, 4.69) is 24.8 Å². The highest BCUT2D eigenvalue weighted by Crippen LogP contribution is 2.17. The lowest BCUT2D eigenvalue weighted by Crippen LogP contribution is -2.51. The van der Waals surface area contributed by atoms with E-state index in [1.807, 2.05) is 48.5 Å². The first-order chi connectivity index (χ1) is 56.7. The van der Waals surface area contributed by atoms with Crippen LogP contribution in [0.3, 0.4) is 0 Å². The molecule has 0 saturated carbocycles. The van der Waals surface area contributed by atoms with Crippen molar-refractivity contribution in [1.82, 2.24) is 15.5 Å². The van der Waals surface area contributed by atoms with Crippen molar-refractivity contribution in [2.45, 2.75) is 173 Å². The molecule has 0 radical (unpaired) electrons. The number of carboxylic acids is 1. The smallest absolute Gasteiger partial charge is 0.347 e. The van der Waals surface area contributed by atoms with Crippen molar-refractivity contribution in [1.29, 1.82) is 0 Å². The molecule has 3 N–H and O–H groups in total. The molecule has 1 heterocycles. The van der Waals surface area contributed by atoms with Crippen LogP contribution in [0.15, 0.2) is 72.8 Å². The van der Waals surface area contributed by atoms with Crippen molar-refractivity contribution in [3.05, 3.63) is 83.9 Å². The van der Waals surface area contributed by atoms with Crippen LogP contribution < -0.4 is 10.6 Å². The maximum atomic E-state index is 13.1. The molecule has 0 fully saturated rings. The van der Waals surface area contributed by atoms with Gasteiger partial charge in [0.25, 0.3) is 11.8 Å². The van der Waals surface area contributed by atoms with Gasteiger partial charge in [-0.3, -0.25) is 48.1 Å². The average molecular weight is 1660 g/mol. The van der Waals surface area contributed by atoms with Crippen LogP contribution in [-0.2, 0) is 170 Å². The maximum absolute atomic E-state index is 13.1. The van der Waals surface area contributed by atoms with Gasteiger partial charge in [-0.1, -0.05) is 112 Å². The summed E-state index contributed by atoms with van der Waals surface area (Å²) in [6, 6.07) is 16.1. The molecule has 117 heavy (non-hydrogen) atoms. The lowest BCUT2D eigenvalue weighted by Gasteiger charge is -2.21. The minimum atomic E-state index is -1.45. The monoisotopic (exact) mass is 1660 g/mol. The van der Waals surface area contributed by atoms with E-state index in [-0.39, 0.29) is 196 Å². The number of carboxylic acid groups (broad SMARTS) is 1. The lowest BCUT2D eigenvalue weighted by atomic mass is 10.1. The van der Waals surface area contributed by atoms with Gasteiger partial charge in [0.1, 0.15) is 38.5 Å². The van der Waals surface area contributed by atoms with Gasteiger partial charge >= 0.3 is 65.7 Å². The second-order valence-corrected chi connectivity index (χ2v) is 25.9. The highest BCUT2D eigenvalue weighted by atomic mass is 16.6. The highest BCUT2D eigenvalue weighted by Gasteiger charge is 2.29. The number of carbonyl (C=O) groups excluding carboxylic acids is 14. The van der Waals surface area contributed by atoms with Crippen LogP contribution in [-0.4, -0.2) is 276 Å². The number of carbonyl (C=O) groups is 15. The van der Waals surface area contributed by atoms with Crippen LogP contribution in [0.2, 0.25) is 0 Å². The summed E-state index contributed by atoms with van der Waals surface area (Å²) in [4.78, 5) is 184. The summed E-state index contributed by atoms with van der Waals surface area (Å²) in [7, 11) is 0. The molecule has 37 heteroatoms. The number of nitrogens with zero attached hydrogens (tertiary/aromatic N) is 1. The highest BCUT2D eigenvalue weighted by molar-refractivity contribution is 6.12. The normalized spacial score (nSPS) is 12.3. The summed E-state index contributed by atoms with van der Waals surface area (Å²) in [5.74, 6) is -11.7. The molecule has 1 aliphatic rings. The van der Waals surface area contributed by atoms with E-state index in [1.54, 1.807) is 12.1 Å². The summed E-state index contributed by atoms with van der Waals surface area (Å²) < 4.78 is 94.2. The van der Waals surface area contributed by atoms with E-state index in [0.717, 1.165) is 86.0 Å². The summed E-state index contributed by atoms with van der Waals surface area (Å²) in [6.07, 6.45) is 11.0. The lowest BCUT2D eigenvalue weighted by molar-refractivity contribution is -0.170. The van der Waals surface area contributed by atoms with Crippen LogP contribution in [0.4, 0.5) is 0 Å². The Morgan fingerprint density at radius 1 is 0.342 bits per heavy atom. The van der Waals surface area contributed by atoms with Crippen molar-refractivity contribution < 1.29 is 162 Å². The van der Waals surface area contributed by atoms with E-state index in [4.69, 9.17) is 76.2 Å². The second-order valence-electron chi connectivity index (χ2n) is 25.9. The van der Waals surface area contributed by atoms with E-state index in [9.17, 15) is 71.9 Å². The van der Waals surface area contributed by atoms with Crippen molar-refractivity contribution in [3.8, 4) is 0 Å². The molecular formula is C80H115N3O34. The molecule has 4 amide bonds. The molecular weight excluding hydrogens is 1550 g/mol. The fourth-order valence-electron chi connectivity index (χ4n) is 10.1. The standard InChI is InChI=1S/C80H115N3O34/c1-61(81-66(84)26-20-35-83-67(85)30-31-68(83)86)78(97)82-64(79(98)116-60-77(96)114-59-76(95)113-58-75(94)112-57-69(87)88)25-18-19-36-108-72(91)33-37-100-39-41-102-43-46-105-48-50-107-52-54-110-73(92)34-38-101-40-42-103-44-45-104-47-49-106-51-53-109-71(90)32-29-65(80(99)115-56-63-23-14-11-15-24-63)117-74(93)28-17-9-7-5-3-2-4-6-8-16-27-70(89)111-55-62-21-12-10-13-22-62/h10-15,21-24,30-31,61,64-65H,2-9,16-20,25-29,32-60H2,1H3,(H,81,84)(H,82,97)(H,87,88)/t61-,64-,65-/m0/s1. The molecule has 0 aromatic heterocycles. The minimum Gasteiger partial charge on any atom is -0.479 e. The molecule has 654 valence electrons. The van der Waals surface area contributed by atoms with Crippen LogP contribution >= 0.6 is 0 Å². The summed E-state index contributed by atoms with van der Waals surface area (Å²) in [6.45, 7) is 0.996. The van der Waals surface area contributed by atoms with Gasteiger partial charge in [0.05, 0.1) is 125 Å². The molecule has 3 rings (SSSR count). The Morgan fingerprint density at radius 3 is 1.21 bits per heavy atom. The molecule has 2 aromatic carbocycles. The zero-order chi connectivity index (χ0) is 85.0. The Balaban J connectivity index is 1.10. The Hall–Kier alpha value is -9.89. The molecule has 1 aliphatic heterocycles. The number of hydrogen-bond donors (Lipinski definition) is 3. The molecule has 2 aromatic rings. The number of unbranched alkanes of at least 4 members (excludes halogenated alkanes) is 10. The zero-order valence-electron chi connectivity index (χ0n) is 66.8. The van der Waals surface area contributed by atoms with E-state index >= 15 is 0 Å². The van der Waals surface area contributed by atoms with E-state index < -0.39 is 128 Å². The Labute approximate surface area is 680 Å². The van der Waals surface area contributed by atoms with E-state index in [0.29, 0.717) is 32.7 Å². The van der Waals surface area contributed by atoms with Crippen LogP contribution in [0, 0.1) is 0 Å². The van der Waals surface area contributed by atoms with Crippen molar-refractivity contribution in [2.75, 3.05) is 159 Å². The fraction of sp³-hybridized carbons (Fsp3) is 0.637. The van der Waals surface area contributed by atoms with Gasteiger partial charge in [0, 0.05) is 50.8 Å². The number of aliphatic carboxylic acids is 1. The molecule has 0 aliphatic carbocycles. The Morgan fingerprint density at radius 2 is 0.735 bits per heavy atom. The van der Waals surface area contributed by atoms with Gasteiger partial charge in [0.15, 0.2) is 32.5 Å². The third-order valence-corrected chi connectivity index (χ3v) is 16.3. The SMILES string of the molecule is C[C@H](NC(=O)CCCN1C(=O)C=CC1=O)C(=O)N[C@@H](CCCCOC(=O)CCOCCOCCOCCOCCOC(=O)CCOCCOCCOCCOCCOC(=O)CC[C@H](OC(=O)CCCCCCCCCCCCC(=O)OCc1ccccc1)C(=O)OCc1ccccc1)C(=O)OCC(=O)OCC(=O)OCC(=O)OCC(=O)O. The van der Waals surface area contributed by atoms with Gasteiger partial charge in [-0.25, -0.2) is 28.8 Å². The van der Waals surface area contributed by atoms with Crippen molar-refractivity contribution >= 4 is 89.3 Å². The molecule has 37 nitrogen and oxygen atoms in total. The maximum Gasteiger partial charge on any atom is 0.347 e. The number of esters is 10. The number of amides is 4. The number of ether oxygens (including phenoxy) is 18. The van der Waals surface area contributed by atoms with Crippen molar-refractivity contribution in [2.24, 2.45) is 0 Å². The summed E-state index contributed by atoms with van der Waals surface area (Å²) in [5, 5.41) is 13.4. The van der Waals surface area contributed by atoms with E-state index in [1.165, 1.54) is 6.92 Å². The van der Waals surface area contributed by atoms with Crippen molar-refractivity contribution in [3.63, 3.8) is 0 Å². The first-order valence-electron chi connectivity index (χ1n) is 39.4. The fourth-order valence-corrected chi connectivity index (χ4v) is 10.1. The molecule has 0 saturated heterocycles. The summed E-state index contributed by atoms with van der Waals surface area (Å²) in [5.41, 5.74) is 1.73. The number of imide groups is 1. The van der Waals surface area contributed by atoms with Crippen LogP contribution in [0.1, 0.15) is 153 Å². The topological polar surface area (TPSA) is 470 Å². The first kappa shape index (κ1) is 101. The Kier molecular flexibility index (Phi) is 58.2. The van der Waals surface area contributed by atoms with Gasteiger partial charge < -0.3 is 101 Å². The molecule has 0 unspecified atom stereocenters. The average Bonchev–Trinajstić information content (AvgIpc) is 1.80.